The predicted octanol–water partition coefficient (Wildman–Crippen LogP) is 4.93. The van der Waals surface area contributed by atoms with E-state index >= 15 is 0 Å². The molecule has 0 heterocycles. The molecule has 0 bridgehead atoms. The second kappa shape index (κ2) is 8.23. The van der Waals surface area contributed by atoms with Gasteiger partial charge >= 0.3 is 0 Å². The second-order valence-electron chi connectivity index (χ2n) is 5.95. The number of nitrogens with one attached hydrogen (secondary N) is 1. The lowest BCUT2D eigenvalue weighted by atomic mass is 9.90. The fraction of sp³-hybridized carbons (Fsp3) is 0.579. The first kappa shape index (κ1) is 16.1. The number of aryl methyl sites for hydroxylation is 1. The van der Waals surface area contributed by atoms with Gasteiger partial charge in [-0.1, -0.05) is 43.5 Å². The maximum absolute atomic E-state index is 5.50. The molecule has 1 aromatic rings. The quantitative estimate of drug-likeness (QED) is 0.775. The topological polar surface area (TPSA) is 21.3 Å². The van der Waals surface area contributed by atoms with E-state index in [4.69, 9.17) is 4.74 Å². The van der Waals surface area contributed by atoms with Gasteiger partial charge in [-0.15, -0.1) is 0 Å². The molecule has 21 heavy (non-hydrogen) atoms. The normalized spacial score (nSPS) is 20.0. The molecule has 0 radical (unpaired) electrons. The summed E-state index contributed by atoms with van der Waals surface area (Å²) in [6.45, 7) is 5.26. The van der Waals surface area contributed by atoms with Crippen LogP contribution in [0.2, 0.25) is 0 Å². The van der Waals surface area contributed by atoms with Crippen molar-refractivity contribution in [3.05, 3.63) is 41.0 Å². The third-order valence-corrected chi connectivity index (χ3v) is 4.37. The smallest absolute Gasteiger partial charge is 0.122 e. The Bertz CT molecular complexity index is 478. The molecule has 2 nitrogen and oxygen atoms in total. The molecule has 0 saturated heterocycles. The average molecular weight is 287 g/mol. The minimum absolute atomic E-state index is 0.336. The molecular formula is C19H29NO. The van der Waals surface area contributed by atoms with Crippen LogP contribution in [0, 0.1) is 6.92 Å². The minimum Gasteiger partial charge on any atom is -0.496 e. The van der Waals surface area contributed by atoms with Crippen LogP contribution in [0.3, 0.4) is 0 Å². The molecule has 1 aliphatic rings. The molecule has 1 N–H and O–H groups in total. The number of ether oxygens (including phenoxy) is 1. The van der Waals surface area contributed by atoms with Crippen molar-refractivity contribution < 1.29 is 4.74 Å². The van der Waals surface area contributed by atoms with Crippen molar-refractivity contribution in [1.29, 1.82) is 0 Å². The first-order valence-corrected chi connectivity index (χ1v) is 8.33. The van der Waals surface area contributed by atoms with E-state index in [1.54, 1.807) is 12.7 Å². The van der Waals surface area contributed by atoms with Crippen molar-refractivity contribution in [2.24, 2.45) is 0 Å². The van der Waals surface area contributed by atoms with Crippen LogP contribution in [0.4, 0.5) is 0 Å². The van der Waals surface area contributed by atoms with Crippen LogP contribution >= 0.6 is 0 Å². The van der Waals surface area contributed by atoms with Gasteiger partial charge in [0.05, 0.1) is 13.2 Å². The highest BCUT2D eigenvalue weighted by Crippen LogP contribution is 2.31. The van der Waals surface area contributed by atoms with Crippen LogP contribution < -0.4 is 10.1 Å². The zero-order valence-corrected chi connectivity index (χ0v) is 13.7. The van der Waals surface area contributed by atoms with Crippen LogP contribution in [0.15, 0.2) is 29.8 Å². The Balaban J connectivity index is 2.28. The Morgan fingerprint density at radius 1 is 1.19 bits per heavy atom. The molecule has 116 valence electrons. The Morgan fingerprint density at radius 3 is 2.76 bits per heavy atom. The number of methoxy groups -OCH3 is 1. The Kier molecular flexibility index (Phi) is 6.31. The number of rotatable bonds is 5. The molecule has 0 aromatic heterocycles. The van der Waals surface area contributed by atoms with Crippen LogP contribution in [0.5, 0.6) is 5.75 Å². The first-order valence-electron chi connectivity index (χ1n) is 8.33. The molecule has 0 aliphatic heterocycles. The van der Waals surface area contributed by atoms with Crippen LogP contribution in [-0.2, 0) is 0 Å². The van der Waals surface area contributed by atoms with E-state index in [0.29, 0.717) is 6.04 Å². The molecular weight excluding hydrogens is 258 g/mol. The maximum Gasteiger partial charge on any atom is 0.122 e. The van der Waals surface area contributed by atoms with Crippen molar-refractivity contribution in [3.63, 3.8) is 0 Å². The fourth-order valence-electron chi connectivity index (χ4n) is 3.16. The van der Waals surface area contributed by atoms with Gasteiger partial charge < -0.3 is 10.1 Å². The zero-order valence-electron chi connectivity index (χ0n) is 13.7. The number of hydrogen-bond donors (Lipinski definition) is 1. The first-order chi connectivity index (χ1) is 10.3. The fourth-order valence-corrected chi connectivity index (χ4v) is 3.16. The summed E-state index contributed by atoms with van der Waals surface area (Å²) < 4.78 is 5.50. The van der Waals surface area contributed by atoms with Crippen molar-refractivity contribution in [3.8, 4) is 5.75 Å². The van der Waals surface area contributed by atoms with Gasteiger partial charge in [-0.05, 0) is 56.3 Å². The maximum atomic E-state index is 5.50. The van der Waals surface area contributed by atoms with Gasteiger partial charge in [-0.3, -0.25) is 0 Å². The van der Waals surface area contributed by atoms with E-state index in [1.165, 1.54) is 49.7 Å². The lowest BCUT2D eigenvalue weighted by Gasteiger charge is -2.24. The summed E-state index contributed by atoms with van der Waals surface area (Å²) in [6.07, 6.45) is 10.3. The van der Waals surface area contributed by atoms with Gasteiger partial charge in [-0.2, -0.15) is 0 Å². The highest BCUT2D eigenvalue weighted by Gasteiger charge is 2.17. The van der Waals surface area contributed by atoms with E-state index in [9.17, 15) is 0 Å². The zero-order chi connectivity index (χ0) is 15.1. The summed E-state index contributed by atoms with van der Waals surface area (Å²) >= 11 is 0. The summed E-state index contributed by atoms with van der Waals surface area (Å²) in [6, 6.07) is 6.94. The molecule has 1 unspecified atom stereocenters. The summed E-state index contributed by atoms with van der Waals surface area (Å²) in [4.78, 5) is 0. The van der Waals surface area contributed by atoms with Crippen LogP contribution in [-0.4, -0.2) is 13.7 Å². The molecule has 0 fully saturated rings. The molecule has 1 aliphatic carbocycles. The molecule has 0 saturated carbocycles. The summed E-state index contributed by atoms with van der Waals surface area (Å²) in [5.74, 6) is 0.988. The van der Waals surface area contributed by atoms with Crippen molar-refractivity contribution in [2.45, 2.75) is 58.4 Å². The van der Waals surface area contributed by atoms with E-state index in [2.05, 4.69) is 43.4 Å². The van der Waals surface area contributed by atoms with E-state index in [-0.39, 0.29) is 0 Å². The summed E-state index contributed by atoms with van der Waals surface area (Å²) in [7, 11) is 1.75. The summed E-state index contributed by atoms with van der Waals surface area (Å²) in [5, 5.41) is 3.66. The number of benzene rings is 1. The third kappa shape index (κ3) is 4.34. The molecule has 1 aromatic carbocycles. The van der Waals surface area contributed by atoms with Crippen LogP contribution in [0.25, 0.3) is 0 Å². The monoisotopic (exact) mass is 287 g/mol. The van der Waals surface area contributed by atoms with Crippen molar-refractivity contribution >= 4 is 0 Å². The highest BCUT2D eigenvalue weighted by atomic mass is 16.5. The average Bonchev–Trinajstić information content (AvgIpc) is 2.46. The molecule has 1 atom stereocenters. The van der Waals surface area contributed by atoms with Gasteiger partial charge in [0.2, 0.25) is 0 Å². The number of likely N-dealkylation sites (N-methyl/N-ethyl adjacent to an activating group) is 1. The molecule has 2 heteroatoms. The largest absolute Gasteiger partial charge is 0.496 e. The lowest BCUT2D eigenvalue weighted by molar-refractivity contribution is 0.410. The molecule has 0 spiro atoms. The minimum atomic E-state index is 0.336. The van der Waals surface area contributed by atoms with Gasteiger partial charge in [0.15, 0.2) is 0 Å². The highest BCUT2D eigenvalue weighted by molar-refractivity contribution is 5.40. The second-order valence-corrected chi connectivity index (χ2v) is 5.95. The van der Waals surface area contributed by atoms with Gasteiger partial charge in [0, 0.05) is 0 Å². The van der Waals surface area contributed by atoms with Gasteiger partial charge in [-0.25, -0.2) is 0 Å². The predicted molar refractivity (Wildman–Crippen MR) is 89.9 cm³/mol. The van der Waals surface area contributed by atoms with Crippen molar-refractivity contribution in [2.75, 3.05) is 13.7 Å². The Labute approximate surface area is 129 Å². The van der Waals surface area contributed by atoms with Crippen LogP contribution in [0.1, 0.15) is 62.6 Å². The number of hydrogen-bond acceptors (Lipinski definition) is 2. The van der Waals surface area contributed by atoms with Gasteiger partial charge in [0.25, 0.3) is 0 Å². The molecule has 2 rings (SSSR count). The SMILES string of the molecule is CCNC(/C1=C/CCCCCC1)c1ccc(C)c(OC)c1. The third-order valence-electron chi connectivity index (χ3n) is 4.37. The van der Waals surface area contributed by atoms with E-state index in [0.717, 1.165) is 12.3 Å². The number of allylic oxidation sites excluding steroid dienone is 1. The standard InChI is InChI=1S/C19H29NO/c1-4-20-19(16-10-8-6-5-7-9-11-16)17-13-12-15(2)18(14-17)21-3/h10,12-14,19-20H,4-9,11H2,1-3H3/b16-10+. The summed E-state index contributed by atoms with van der Waals surface area (Å²) in [5.41, 5.74) is 4.08. The van der Waals surface area contributed by atoms with Crippen molar-refractivity contribution in [1.82, 2.24) is 5.32 Å². The Morgan fingerprint density at radius 2 is 2.00 bits per heavy atom. The Hall–Kier alpha value is -1.28. The van der Waals surface area contributed by atoms with E-state index in [1.807, 2.05) is 0 Å². The lowest BCUT2D eigenvalue weighted by Crippen LogP contribution is -2.23. The molecule has 0 amide bonds. The van der Waals surface area contributed by atoms with E-state index < -0.39 is 0 Å². The van der Waals surface area contributed by atoms with Gasteiger partial charge in [0.1, 0.15) is 5.75 Å².